The molecule has 3 heterocycles. The highest BCUT2D eigenvalue weighted by atomic mass is 16.5. The van der Waals surface area contributed by atoms with Crippen LogP contribution in [0.2, 0.25) is 0 Å². The standard InChI is InChI=1S/C21H24N4O2/c1-15-6-3-8-18(12-15)27-14-17-7-4-10-24(13-17)20(26)19-16(2)23-21-22-9-5-11-25(19)21/h3,5-6,8-9,11-12,17H,4,7,10,13-14H2,1-2H3. The monoisotopic (exact) mass is 364 g/mol. The topological polar surface area (TPSA) is 59.7 Å². The van der Waals surface area contributed by atoms with E-state index in [2.05, 4.69) is 23.0 Å². The van der Waals surface area contributed by atoms with Gasteiger partial charge in [-0.2, -0.15) is 0 Å². The van der Waals surface area contributed by atoms with Crippen molar-refractivity contribution >= 4 is 11.7 Å². The Hall–Kier alpha value is -2.89. The van der Waals surface area contributed by atoms with E-state index in [9.17, 15) is 4.79 Å². The third kappa shape index (κ3) is 3.65. The van der Waals surface area contributed by atoms with Crippen molar-refractivity contribution in [2.75, 3.05) is 19.7 Å². The quantitative estimate of drug-likeness (QED) is 0.713. The van der Waals surface area contributed by atoms with Gasteiger partial charge in [0.2, 0.25) is 5.78 Å². The number of aromatic nitrogens is 3. The zero-order valence-corrected chi connectivity index (χ0v) is 15.8. The molecule has 0 saturated carbocycles. The van der Waals surface area contributed by atoms with Gasteiger partial charge in [0.05, 0.1) is 12.3 Å². The maximum Gasteiger partial charge on any atom is 0.272 e. The maximum atomic E-state index is 13.2. The fourth-order valence-corrected chi connectivity index (χ4v) is 3.71. The molecule has 27 heavy (non-hydrogen) atoms. The number of likely N-dealkylation sites (tertiary alicyclic amines) is 1. The highest BCUT2D eigenvalue weighted by Crippen LogP contribution is 2.22. The van der Waals surface area contributed by atoms with Crippen molar-refractivity contribution in [3.8, 4) is 5.75 Å². The third-order valence-corrected chi connectivity index (χ3v) is 5.06. The van der Waals surface area contributed by atoms with Crippen molar-refractivity contribution in [3.05, 3.63) is 59.7 Å². The predicted molar refractivity (Wildman–Crippen MR) is 103 cm³/mol. The van der Waals surface area contributed by atoms with Gasteiger partial charge in [-0.25, -0.2) is 9.97 Å². The van der Waals surface area contributed by atoms with E-state index in [4.69, 9.17) is 4.74 Å². The average Bonchev–Trinajstić information content (AvgIpc) is 3.02. The molecular formula is C21H24N4O2. The van der Waals surface area contributed by atoms with Gasteiger partial charge in [0.15, 0.2) is 0 Å². The van der Waals surface area contributed by atoms with Crippen LogP contribution in [0.25, 0.3) is 5.78 Å². The minimum atomic E-state index is 0.0215. The Balaban J connectivity index is 1.46. The first-order chi connectivity index (χ1) is 13.1. The molecule has 1 aliphatic heterocycles. The van der Waals surface area contributed by atoms with Crippen LogP contribution in [-0.2, 0) is 0 Å². The molecule has 1 fully saturated rings. The first kappa shape index (κ1) is 17.5. The van der Waals surface area contributed by atoms with Crippen LogP contribution < -0.4 is 4.74 Å². The molecule has 3 aromatic rings. The summed E-state index contributed by atoms with van der Waals surface area (Å²) in [5.41, 5.74) is 2.51. The second kappa shape index (κ2) is 7.39. The van der Waals surface area contributed by atoms with Gasteiger partial charge in [-0.15, -0.1) is 0 Å². The summed E-state index contributed by atoms with van der Waals surface area (Å²) in [5, 5.41) is 0. The van der Waals surface area contributed by atoms with Crippen molar-refractivity contribution in [3.63, 3.8) is 0 Å². The lowest BCUT2D eigenvalue weighted by Crippen LogP contribution is -2.42. The zero-order valence-electron chi connectivity index (χ0n) is 15.8. The van der Waals surface area contributed by atoms with Crippen LogP contribution in [0.4, 0.5) is 0 Å². The normalized spacial score (nSPS) is 17.3. The van der Waals surface area contributed by atoms with Crippen LogP contribution in [0.3, 0.4) is 0 Å². The molecule has 0 radical (unpaired) electrons. The van der Waals surface area contributed by atoms with Crippen LogP contribution in [0, 0.1) is 19.8 Å². The molecule has 0 bridgehead atoms. The number of nitrogens with zero attached hydrogens (tertiary/aromatic N) is 4. The molecular weight excluding hydrogens is 340 g/mol. The number of hydrogen-bond donors (Lipinski definition) is 0. The number of carbonyl (C=O) groups is 1. The molecule has 4 rings (SSSR count). The summed E-state index contributed by atoms with van der Waals surface area (Å²) in [6.45, 7) is 6.02. The maximum absolute atomic E-state index is 13.2. The number of hydrogen-bond acceptors (Lipinski definition) is 4. The number of rotatable bonds is 4. The summed E-state index contributed by atoms with van der Waals surface area (Å²) >= 11 is 0. The number of aryl methyl sites for hydroxylation is 2. The van der Waals surface area contributed by atoms with Gasteiger partial charge in [0.25, 0.3) is 5.91 Å². The number of fused-ring (bicyclic) bond motifs is 1. The third-order valence-electron chi connectivity index (χ3n) is 5.06. The highest BCUT2D eigenvalue weighted by Gasteiger charge is 2.28. The van der Waals surface area contributed by atoms with Crippen LogP contribution in [0.15, 0.2) is 42.7 Å². The van der Waals surface area contributed by atoms with Crippen molar-refractivity contribution < 1.29 is 9.53 Å². The van der Waals surface area contributed by atoms with Crippen LogP contribution >= 0.6 is 0 Å². The van der Waals surface area contributed by atoms with Crippen LogP contribution in [-0.4, -0.2) is 44.9 Å². The van der Waals surface area contributed by atoms with Crippen LogP contribution in [0.5, 0.6) is 5.75 Å². The van der Waals surface area contributed by atoms with Crippen molar-refractivity contribution in [1.82, 2.24) is 19.3 Å². The van der Waals surface area contributed by atoms with E-state index < -0.39 is 0 Å². The number of amides is 1. The number of carbonyl (C=O) groups excluding carboxylic acids is 1. The van der Waals surface area contributed by atoms with Gasteiger partial charge in [-0.05, 0) is 50.5 Å². The van der Waals surface area contributed by atoms with E-state index in [0.717, 1.165) is 30.8 Å². The summed E-state index contributed by atoms with van der Waals surface area (Å²) in [4.78, 5) is 23.7. The predicted octanol–water partition coefficient (Wildman–Crippen LogP) is 3.28. The van der Waals surface area contributed by atoms with E-state index in [0.29, 0.717) is 30.5 Å². The van der Waals surface area contributed by atoms with Gasteiger partial charge in [0, 0.05) is 31.4 Å². The first-order valence-electron chi connectivity index (χ1n) is 9.40. The zero-order chi connectivity index (χ0) is 18.8. The molecule has 6 heteroatoms. The second-order valence-electron chi connectivity index (χ2n) is 7.22. The summed E-state index contributed by atoms with van der Waals surface area (Å²) in [7, 11) is 0. The lowest BCUT2D eigenvalue weighted by Gasteiger charge is -2.32. The number of benzene rings is 1. The lowest BCUT2D eigenvalue weighted by atomic mass is 9.98. The Bertz CT molecular complexity index is 966. The smallest absolute Gasteiger partial charge is 0.272 e. The van der Waals surface area contributed by atoms with Crippen molar-refractivity contribution in [1.29, 1.82) is 0 Å². The van der Waals surface area contributed by atoms with Gasteiger partial charge in [0.1, 0.15) is 11.4 Å². The molecule has 2 aromatic heterocycles. The lowest BCUT2D eigenvalue weighted by molar-refractivity contribution is 0.0625. The fraction of sp³-hybridized carbons (Fsp3) is 0.381. The summed E-state index contributed by atoms with van der Waals surface area (Å²) in [6, 6.07) is 9.90. The van der Waals surface area contributed by atoms with Gasteiger partial charge in [-0.1, -0.05) is 12.1 Å². The number of imidazole rings is 1. The van der Waals surface area contributed by atoms with Gasteiger partial charge < -0.3 is 9.64 Å². The van der Waals surface area contributed by atoms with Crippen molar-refractivity contribution in [2.24, 2.45) is 5.92 Å². The SMILES string of the molecule is Cc1cccc(OCC2CCCN(C(=O)c3c(C)nc4ncccn34)C2)c1. The van der Waals surface area contributed by atoms with Gasteiger partial charge >= 0.3 is 0 Å². The Morgan fingerprint density at radius 3 is 3.04 bits per heavy atom. The molecule has 1 amide bonds. The minimum absolute atomic E-state index is 0.0215. The molecule has 1 saturated heterocycles. The van der Waals surface area contributed by atoms with E-state index in [1.165, 1.54) is 5.56 Å². The number of ether oxygens (including phenoxy) is 1. The Morgan fingerprint density at radius 2 is 2.19 bits per heavy atom. The van der Waals surface area contributed by atoms with Crippen molar-refractivity contribution in [2.45, 2.75) is 26.7 Å². The average molecular weight is 364 g/mol. The Morgan fingerprint density at radius 1 is 1.30 bits per heavy atom. The van der Waals surface area contributed by atoms with Crippen LogP contribution in [0.1, 0.15) is 34.6 Å². The van der Waals surface area contributed by atoms with E-state index >= 15 is 0 Å². The molecule has 1 atom stereocenters. The van der Waals surface area contributed by atoms with E-state index in [1.807, 2.05) is 42.3 Å². The second-order valence-corrected chi connectivity index (χ2v) is 7.22. The molecule has 140 valence electrons. The molecule has 1 aliphatic rings. The van der Waals surface area contributed by atoms with Gasteiger partial charge in [-0.3, -0.25) is 9.20 Å². The largest absolute Gasteiger partial charge is 0.493 e. The number of piperidine rings is 1. The minimum Gasteiger partial charge on any atom is -0.493 e. The summed E-state index contributed by atoms with van der Waals surface area (Å²) in [6.07, 6.45) is 5.60. The Labute approximate surface area is 158 Å². The first-order valence-corrected chi connectivity index (χ1v) is 9.40. The summed E-state index contributed by atoms with van der Waals surface area (Å²) < 4.78 is 7.76. The van der Waals surface area contributed by atoms with E-state index in [-0.39, 0.29) is 5.91 Å². The molecule has 0 N–H and O–H groups in total. The molecule has 0 spiro atoms. The molecule has 6 nitrogen and oxygen atoms in total. The molecule has 0 aliphatic carbocycles. The molecule has 1 unspecified atom stereocenters. The fourth-order valence-electron chi connectivity index (χ4n) is 3.71. The Kier molecular flexibility index (Phi) is 4.79. The van der Waals surface area contributed by atoms with E-state index in [1.54, 1.807) is 10.6 Å². The highest BCUT2D eigenvalue weighted by molar-refractivity contribution is 5.94. The summed E-state index contributed by atoms with van der Waals surface area (Å²) in [5.74, 6) is 1.81. The molecule has 1 aromatic carbocycles.